The van der Waals surface area contributed by atoms with Crippen LogP contribution in [0.1, 0.15) is 19.8 Å². The van der Waals surface area contributed by atoms with Crippen LogP contribution in [-0.4, -0.2) is 15.0 Å². The van der Waals surface area contributed by atoms with Crippen LogP contribution >= 0.6 is 0 Å². The normalized spacial score (nSPS) is 11.1. The van der Waals surface area contributed by atoms with Crippen molar-refractivity contribution in [2.75, 3.05) is 17.1 Å². The second-order valence-corrected chi connectivity index (χ2v) is 6.58. The van der Waals surface area contributed by atoms with Crippen molar-refractivity contribution in [2.24, 2.45) is 0 Å². The molecule has 0 aromatic heterocycles. The molecule has 0 atom stereocenters. The van der Waals surface area contributed by atoms with Gasteiger partial charge >= 0.3 is 0 Å². The summed E-state index contributed by atoms with van der Waals surface area (Å²) < 4.78 is 32.5. The number of ether oxygens (including phenoxy) is 1. The maximum atomic E-state index is 12.2. The van der Waals surface area contributed by atoms with Crippen LogP contribution in [0.25, 0.3) is 0 Å². The molecule has 0 amide bonds. The maximum Gasteiger partial charge on any atom is 0.261 e. The Balaban J connectivity index is 2.05. The second kappa shape index (κ2) is 7.17. The van der Waals surface area contributed by atoms with E-state index in [0.717, 1.165) is 18.6 Å². The molecule has 0 unspecified atom stereocenters. The van der Waals surface area contributed by atoms with E-state index < -0.39 is 10.0 Å². The van der Waals surface area contributed by atoms with Gasteiger partial charge in [-0.05, 0) is 55.0 Å². The Bertz CT molecular complexity index is 695. The fraction of sp³-hybridized carbons (Fsp3) is 0.250. The lowest BCUT2D eigenvalue weighted by atomic mass is 10.3. The van der Waals surface area contributed by atoms with Crippen LogP contribution in [0.3, 0.4) is 0 Å². The zero-order chi connectivity index (χ0) is 16.0. The van der Waals surface area contributed by atoms with E-state index in [9.17, 15) is 8.42 Å². The van der Waals surface area contributed by atoms with Gasteiger partial charge in [0.15, 0.2) is 0 Å². The largest absolute Gasteiger partial charge is 0.494 e. The molecule has 3 N–H and O–H groups in total. The Labute approximate surface area is 131 Å². The number of benzene rings is 2. The summed E-state index contributed by atoms with van der Waals surface area (Å²) in [5.74, 6) is 0.726. The molecular weight excluding hydrogens is 300 g/mol. The Morgan fingerprint density at radius 3 is 2.27 bits per heavy atom. The first-order valence-electron chi connectivity index (χ1n) is 7.12. The average molecular weight is 320 g/mol. The van der Waals surface area contributed by atoms with Crippen LogP contribution in [0.5, 0.6) is 5.75 Å². The van der Waals surface area contributed by atoms with Gasteiger partial charge in [-0.2, -0.15) is 0 Å². The van der Waals surface area contributed by atoms with Gasteiger partial charge in [-0.3, -0.25) is 4.72 Å². The monoisotopic (exact) mass is 320 g/mol. The van der Waals surface area contributed by atoms with Gasteiger partial charge in [0.25, 0.3) is 10.0 Å². The van der Waals surface area contributed by atoms with Crippen molar-refractivity contribution < 1.29 is 13.2 Å². The van der Waals surface area contributed by atoms with Gasteiger partial charge in [-0.15, -0.1) is 0 Å². The molecule has 0 radical (unpaired) electrons. The third-order valence-electron chi connectivity index (χ3n) is 3.06. The predicted octanol–water partition coefficient (Wildman–Crippen LogP) is 3.25. The lowest BCUT2D eigenvalue weighted by Crippen LogP contribution is -2.12. The summed E-state index contributed by atoms with van der Waals surface area (Å²) in [5, 5.41) is 0. The molecule has 0 aliphatic heterocycles. The van der Waals surface area contributed by atoms with E-state index in [1.54, 1.807) is 36.4 Å². The molecule has 5 nitrogen and oxygen atoms in total. The number of hydrogen-bond acceptors (Lipinski definition) is 4. The van der Waals surface area contributed by atoms with Crippen LogP contribution in [0.4, 0.5) is 11.4 Å². The summed E-state index contributed by atoms with van der Waals surface area (Å²) in [5.41, 5.74) is 6.57. The molecule has 0 bridgehead atoms. The van der Waals surface area contributed by atoms with Gasteiger partial charge in [0.05, 0.1) is 11.5 Å². The summed E-state index contributed by atoms with van der Waals surface area (Å²) in [6.07, 6.45) is 2.06. The topological polar surface area (TPSA) is 81.4 Å². The summed E-state index contributed by atoms with van der Waals surface area (Å²) in [6.45, 7) is 2.76. The number of anilines is 2. The second-order valence-electron chi connectivity index (χ2n) is 4.90. The number of nitrogens with one attached hydrogen (secondary N) is 1. The van der Waals surface area contributed by atoms with Crippen molar-refractivity contribution >= 4 is 21.4 Å². The Kier molecular flexibility index (Phi) is 5.27. The van der Waals surface area contributed by atoms with Crippen LogP contribution in [0.2, 0.25) is 0 Å². The van der Waals surface area contributed by atoms with E-state index in [4.69, 9.17) is 10.5 Å². The van der Waals surface area contributed by atoms with Gasteiger partial charge in [-0.25, -0.2) is 8.42 Å². The summed E-state index contributed by atoms with van der Waals surface area (Å²) in [4.78, 5) is 0.171. The van der Waals surface area contributed by atoms with Gasteiger partial charge in [-0.1, -0.05) is 13.3 Å². The third kappa shape index (κ3) is 4.39. The zero-order valence-electron chi connectivity index (χ0n) is 12.5. The number of nitrogens with two attached hydrogens (primary N) is 1. The first-order chi connectivity index (χ1) is 10.5. The molecule has 2 rings (SSSR count). The van der Waals surface area contributed by atoms with Crippen molar-refractivity contribution in [1.82, 2.24) is 0 Å². The standard InChI is InChI=1S/C16H20N2O3S/c1-2-3-12-21-15-8-6-14(7-9-15)18-22(19,20)16-10-4-13(17)5-11-16/h4-11,18H,2-3,12,17H2,1H3. The van der Waals surface area contributed by atoms with E-state index in [0.29, 0.717) is 18.0 Å². The van der Waals surface area contributed by atoms with Crippen molar-refractivity contribution in [3.8, 4) is 5.75 Å². The molecule has 118 valence electrons. The highest BCUT2D eigenvalue weighted by Gasteiger charge is 2.13. The number of nitrogen functional groups attached to an aromatic ring is 1. The molecule has 0 spiro atoms. The zero-order valence-corrected chi connectivity index (χ0v) is 13.3. The Morgan fingerprint density at radius 2 is 1.68 bits per heavy atom. The molecular formula is C16H20N2O3S. The summed E-state index contributed by atoms with van der Waals surface area (Å²) >= 11 is 0. The van der Waals surface area contributed by atoms with Crippen molar-refractivity contribution in [3.05, 3.63) is 48.5 Å². The van der Waals surface area contributed by atoms with Crippen LogP contribution in [0.15, 0.2) is 53.4 Å². The lowest BCUT2D eigenvalue weighted by molar-refractivity contribution is 0.309. The minimum atomic E-state index is -3.61. The van der Waals surface area contributed by atoms with E-state index in [1.165, 1.54) is 12.1 Å². The van der Waals surface area contributed by atoms with Crippen molar-refractivity contribution in [1.29, 1.82) is 0 Å². The number of unbranched alkanes of at least 4 members (excludes halogenated alkanes) is 1. The predicted molar refractivity (Wildman–Crippen MR) is 88.5 cm³/mol. The molecule has 0 aliphatic rings. The molecule has 0 fully saturated rings. The van der Waals surface area contributed by atoms with Gasteiger partial charge < -0.3 is 10.5 Å². The summed E-state index contributed by atoms with van der Waals surface area (Å²) in [6, 6.07) is 12.9. The van der Waals surface area contributed by atoms with Crippen LogP contribution < -0.4 is 15.2 Å². The average Bonchev–Trinajstić information content (AvgIpc) is 2.49. The van der Waals surface area contributed by atoms with Gasteiger partial charge in [0.2, 0.25) is 0 Å². The molecule has 2 aromatic rings. The van der Waals surface area contributed by atoms with Gasteiger partial charge in [0, 0.05) is 11.4 Å². The highest BCUT2D eigenvalue weighted by Crippen LogP contribution is 2.20. The number of rotatable bonds is 7. The molecule has 6 heteroatoms. The first kappa shape index (κ1) is 16.2. The van der Waals surface area contributed by atoms with Gasteiger partial charge in [0.1, 0.15) is 5.75 Å². The molecule has 22 heavy (non-hydrogen) atoms. The first-order valence-corrected chi connectivity index (χ1v) is 8.61. The minimum absolute atomic E-state index is 0.171. The summed E-state index contributed by atoms with van der Waals surface area (Å²) in [7, 11) is -3.61. The smallest absolute Gasteiger partial charge is 0.261 e. The van der Waals surface area contributed by atoms with E-state index in [1.807, 2.05) is 0 Å². The third-order valence-corrected chi connectivity index (χ3v) is 4.46. The highest BCUT2D eigenvalue weighted by atomic mass is 32.2. The highest BCUT2D eigenvalue weighted by molar-refractivity contribution is 7.92. The van der Waals surface area contributed by atoms with E-state index in [2.05, 4.69) is 11.6 Å². The maximum absolute atomic E-state index is 12.2. The van der Waals surface area contributed by atoms with E-state index >= 15 is 0 Å². The van der Waals surface area contributed by atoms with E-state index in [-0.39, 0.29) is 4.90 Å². The van der Waals surface area contributed by atoms with Crippen LogP contribution in [0, 0.1) is 0 Å². The molecule has 0 aliphatic carbocycles. The minimum Gasteiger partial charge on any atom is -0.494 e. The van der Waals surface area contributed by atoms with Crippen molar-refractivity contribution in [3.63, 3.8) is 0 Å². The Hall–Kier alpha value is -2.21. The SMILES string of the molecule is CCCCOc1ccc(NS(=O)(=O)c2ccc(N)cc2)cc1. The number of hydrogen-bond donors (Lipinski definition) is 2. The quantitative estimate of drug-likeness (QED) is 0.606. The molecule has 0 heterocycles. The Morgan fingerprint density at radius 1 is 1.05 bits per heavy atom. The molecule has 0 saturated carbocycles. The fourth-order valence-electron chi connectivity index (χ4n) is 1.81. The fourth-order valence-corrected chi connectivity index (χ4v) is 2.87. The number of sulfonamides is 1. The molecule has 2 aromatic carbocycles. The molecule has 0 saturated heterocycles. The van der Waals surface area contributed by atoms with Crippen molar-refractivity contribution in [2.45, 2.75) is 24.7 Å². The van der Waals surface area contributed by atoms with Crippen LogP contribution in [-0.2, 0) is 10.0 Å². The lowest BCUT2D eigenvalue weighted by Gasteiger charge is -2.10.